The maximum absolute atomic E-state index is 12.6. The van der Waals surface area contributed by atoms with Crippen molar-refractivity contribution in [3.8, 4) is 0 Å². The second-order valence-electron chi connectivity index (χ2n) is 7.19. The van der Waals surface area contributed by atoms with Gasteiger partial charge >= 0.3 is 0 Å². The van der Waals surface area contributed by atoms with Gasteiger partial charge in [0.05, 0.1) is 12.5 Å². The molecule has 2 fully saturated rings. The second-order valence-corrected chi connectivity index (χ2v) is 7.19. The number of carbonyl (C=O) groups is 3. The summed E-state index contributed by atoms with van der Waals surface area (Å²) in [6.45, 7) is 4.36. The molecule has 0 radical (unpaired) electrons. The molecule has 1 unspecified atom stereocenters. The summed E-state index contributed by atoms with van der Waals surface area (Å²) in [5, 5.41) is 2.89. The normalized spacial score (nSPS) is 19.9. The second kappa shape index (κ2) is 6.86. The van der Waals surface area contributed by atoms with E-state index in [9.17, 15) is 14.4 Å². The molecule has 3 rings (SSSR count). The van der Waals surface area contributed by atoms with Crippen LogP contribution in [0.1, 0.15) is 30.4 Å². The van der Waals surface area contributed by atoms with Gasteiger partial charge in [-0.25, -0.2) is 0 Å². The predicted molar refractivity (Wildman–Crippen MR) is 95.0 cm³/mol. The molecule has 1 saturated heterocycles. The van der Waals surface area contributed by atoms with E-state index in [1.807, 2.05) is 36.9 Å². The first kappa shape index (κ1) is 17.5. The summed E-state index contributed by atoms with van der Waals surface area (Å²) in [5.74, 6) is -0.620. The Morgan fingerprint density at radius 1 is 1.24 bits per heavy atom. The maximum atomic E-state index is 12.6. The highest BCUT2D eigenvalue weighted by Gasteiger charge is 2.42. The van der Waals surface area contributed by atoms with Crippen molar-refractivity contribution in [3.63, 3.8) is 0 Å². The number of hydrogen-bond donors (Lipinski definition) is 1. The van der Waals surface area contributed by atoms with E-state index in [1.165, 1.54) is 4.90 Å². The van der Waals surface area contributed by atoms with E-state index in [1.54, 1.807) is 7.05 Å². The first-order chi connectivity index (χ1) is 11.9. The third kappa shape index (κ3) is 3.83. The highest BCUT2D eigenvalue weighted by Crippen LogP contribution is 2.33. The van der Waals surface area contributed by atoms with E-state index < -0.39 is 0 Å². The number of carbonyl (C=O) groups excluding carboxylic acids is 3. The zero-order valence-electron chi connectivity index (χ0n) is 15.0. The summed E-state index contributed by atoms with van der Waals surface area (Å²) in [7, 11) is 1.62. The molecule has 0 aromatic heterocycles. The number of nitrogens with one attached hydrogen (secondary N) is 1. The molecule has 1 saturated carbocycles. The molecular formula is C19H25N3O3. The van der Waals surface area contributed by atoms with E-state index in [2.05, 4.69) is 5.32 Å². The van der Waals surface area contributed by atoms with Crippen LogP contribution in [0.4, 0.5) is 5.69 Å². The zero-order chi connectivity index (χ0) is 18.1. The van der Waals surface area contributed by atoms with Crippen LogP contribution in [0, 0.1) is 19.8 Å². The van der Waals surface area contributed by atoms with Gasteiger partial charge in [-0.05, 0) is 37.8 Å². The summed E-state index contributed by atoms with van der Waals surface area (Å²) in [4.78, 5) is 40.1. The lowest BCUT2D eigenvalue weighted by molar-refractivity contribution is -0.137. The van der Waals surface area contributed by atoms with Gasteiger partial charge in [0.15, 0.2) is 0 Å². The van der Waals surface area contributed by atoms with Gasteiger partial charge in [-0.2, -0.15) is 0 Å². The summed E-state index contributed by atoms with van der Waals surface area (Å²) in [6.07, 6.45) is 2.35. The fourth-order valence-corrected chi connectivity index (χ4v) is 3.43. The molecule has 0 bridgehead atoms. The van der Waals surface area contributed by atoms with Crippen LogP contribution in [-0.4, -0.2) is 53.7 Å². The summed E-state index contributed by atoms with van der Waals surface area (Å²) in [6, 6.07) is 6.16. The first-order valence-electron chi connectivity index (χ1n) is 8.77. The van der Waals surface area contributed by atoms with E-state index in [0.29, 0.717) is 12.6 Å². The number of rotatable bonds is 5. The van der Waals surface area contributed by atoms with Crippen LogP contribution in [0.3, 0.4) is 0 Å². The van der Waals surface area contributed by atoms with Crippen molar-refractivity contribution in [2.75, 3.05) is 25.5 Å². The third-order valence-electron chi connectivity index (χ3n) is 5.00. The fourth-order valence-electron chi connectivity index (χ4n) is 3.43. The molecule has 1 heterocycles. The summed E-state index contributed by atoms with van der Waals surface area (Å²) >= 11 is 0. The van der Waals surface area contributed by atoms with Gasteiger partial charge in [0, 0.05) is 31.7 Å². The van der Waals surface area contributed by atoms with Crippen molar-refractivity contribution in [2.45, 2.75) is 39.2 Å². The number of likely N-dealkylation sites (tertiary alicyclic amines) is 1. The van der Waals surface area contributed by atoms with Gasteiger partial charge < -0.3 is 15.1 Å². The Morgan fingerprint density at radius 2 is 1.88 bits per heavy atom. The SMILES string of the molecule is Cc1cccc(C)c1NC(=O)CN(C)C(=O)C1CC(=O)N(C2CC2)C1. The maximum Gasteiger partial charge on any atom is 0.243 e. The minimum Gasteiger partial charge on any atom is -0.339 e. The molecule has 25 heavy (non-hydrogen) atoms. The van der Waals surface area contributed by atoms with Gasteiger partial charge in [0.25, 0.3) is 0 Å². The largest absolute Gasteiger partial charge is 0.339 e. The standard InChI is InChI=1S/C19H25N3O3/c1-12-5-4-6-13(2)18(12)20-16(23)11-21(3)19(25)14-9-17(24)22(10-14)15-7-8-15/h4-6,14-15H,7-11H2,1-3H3,(H,20,23). The highest BCUT2D eigenvalue weighted by atomic mass is 16.2. The summed E-state index contributed by atoms with van der Waals surface area (Å²) in [5.41, 5.74) is 2.77. The number of nitrogens with zero attached hydrogens (tertiary/aromatic N) is 2. The number of para-hydroxylation sites is 1. The van der Waals surface area contributed by atoms with E-state index in [0.717, 1.165) is 29.7 Å². The number of aryl methyl sites for hydroxylation is 2. The lowest BCUT2D eigenvalue weighted by Crippen LogP contribution is -2.39. The quantitative estimate of drug-likeness (QED) is 0.885. The van der Waals surface area contributed by atoms with Gasteiger partial charge in [-0.15, -0.1) is 0 Å². The third-order valence-corrected chi connectivity index (χ3v) is 5.00. The molecular weight excluding hydrogens is 318 g/mol. The van der Waals surface area contributed by atoms with Gasteiger partial charge in [-0.1, -0.05) is 18.2 Å². The Labute approximate surface area is 148 Å². The van der Waals surface area contributed by atoms with Crippen molar-refractivity contribution in [1.29, 1.82) is 0 Å². The zero-order valence-corrected chi connectivity index (χ0v) is 15.0. The minimum atomic E-state index is -0.328. The van der Waals surface area contributed by atoms with Crippen LogP contribution in [0.25, 0.3) is 0 Å². The number of benzene rings is 1. The molecule has 1 aliphatic heterocycles. The van der Waals surface area contributed by atoms with Crippen molar-refractivity contribution in [2.24, 2.45) is 5.92 Å². The first-order valence-corrected chi connectivity index (χ1v) is 8.77. The number of anilines is 1. The van der Waals surface area contributed by atoms with Crippen molar-refractivity contribution < 1.29 is 14.4 Å². The lowest BCUT2D eigenvalue weighted by Gasteiger charge is -2.21. The monoisotopic (exact) mass is 343 g/mol. The van der Waals surface area contributed by atoms with E-state index >= 15 is 0 Å². The van der Waals surface area contributed by atoms with Crippen molar-refractivity contribution in [1.82, 2.24) is 9.80 Å². The molecule has 6 nitrogen and oxygen atoms in total. The Hall–Kier alpha value is -2.37. The Bertz CT molecular complexity index is 692. The molecule has 2 aliphatic rings. The molecule has 1 aromatic carbocycles. The van der Waals surface area contributed by atoms with Crippen molar-refractivity contribution >= 4 is 23.4 Å². The van der Waals surface area contributed by atoms with Crippen LogP contribution >= 0.6 is 0 Å². The molecule has 0 spiro atoms. The van der Waals surface area contributed by atoms with E-state index in [-0.39, 0.29) is 36.6 Å². The van der Waals surface area contributed by atoms with Crippen molar-refractivity contribution in [3.05, 3.63) is 29.3 Å². The lowest BCUT2D eigenvalue weighted by atomic mass is 10.1. The number of hydrogen-bond acceptors (Lipinski definition) is 3. The number of likely N-dealkylation sites (N-methyl/N-ethyl adjacent to an activating group) is 1. The van der Waals surface area contributed by atoms with Gasteiger partial charge in [-0.3, -0.25) is 14.4 Å². The van der Waals surface area contributed by atoms with E-state index in [4.69, 9.17) is 0 Å². The minimum absolute atomic E-state index is 0.0132. The highest BCUT2D eigenvalue weighted by molar-refractivity contribution is 5.97. The Morgan fingerprint density at radius 3 is 2.48 bits per heavy atom. The molecule has 134 valence electrons. The van der Waals surface area contributed by atoms with Crippen LogP contribution in [0.2, 0.25) is 0 Å². The Kier molecular flexibility index (Phi) is 4.79. The number of amides is 3. The molecule has 3 amide bonds. The Balaban J connectivity index is 1.56. The molecule has 1 aliphatic carbocycles. The smallest absolute Gasteiger partial charge is 0.243 e. The molecule has 1 aromatic rings. The average Bonchev–Trinajstić information content (AvgIpc) is 3.32. The molecule has 1 atom stereocenters. The van der Waals surface area contributed by atoms with Crippen LogP contribution in [0.15, 0.2) is 18.2 Å². The fraction of sp³-hybridized carbons (Fsp3) is 0.526. The van der Waals surface area contributed by atoms with Crippen LogP contribution in [-0.2, 0) is 14.4 Å². The van der Waals surface area contributed by atoms with Gasteiger partial charge in [0.2, 0.25) is 17.7 Å². The average molecular weight is 343 g/mol. The molecule has 1 N–H and O–H groups in total. The van der Waals surface area contributed by atoms with Crippen LogP contribution < -0.4 is 5.32 Å². The van der Waals surface area contributed by atoms with Gasteiger partial charge in [0.1, 0.15) is 0 Å². The van der Waals surface area contributed by atoms with Crippen LogP contribution in [0.5, 0.6) is 0 Å². The topological polar surface area (TPSA) is 69.7 Å². The predicted octanol–water partition coefficient (Wildman–Crippen LogP) is 1.71. The molecule has 6 heteroatoms. The summed E-state index contributed by atoms with van der Waals surface area (Å²) < 4.78 is 0.